The zero-order chi connectivity index (χ0) is 44.1. The topological polar surface area (TPSA) is 291 Å². The number of nitrogen functional groups attached to an aromatic ring is 1. The minimum atomic E-state index is -5.08. The van der Waals surface area contributed by atoms with E-state index in [-0.39, 0.29) is 44.1 Å². The number of amides is 3. The van der Waals surface area contributed by atoms with Crippen molar-refractivity contribution in [2.24, 2.45) is 10.6 Å². The normalized spacial score (nSPS) is 21.2. The summed E-state index contributed by atoms with van der Waals surface area (Å²) in [4.78, 5) is 83.2. The van der Waals surface area contributed by atoms with Gasteiger partial charge in [0.15, 0.2) is 22.3 Å². The molecule has 3 atom stereocenters. The number of carboxylic acids is 3. The van der Waals surface area contributed by atoms with Crippen molar-refractivity contribution in [3.63, 3.8) is 0 Å². The quantitative estimate of drug-likeness (QED) is 0.0649. The van der Waals surface area contributed by atoms with Gasteiger partial charge in [-0.1, -0.05) is 37.5 Å². The van der Waals surface area contributed by atoms with Crippen LogP contribution >= 0.6 is 46.5 Å². The number of thioether (sulfide) groups is 2. The minimum absolute atomic E-state index is 0.0156. The van der Waals surface area contributed by atoms with Gasteiger partial charge in [-0.25, -0.2) is 19.4 Å². The number of carbonyl (C=O) groups excluding carboxylic acids is 3. The van der Waals surface area contributed by atoms with Crippen LogP contribution in [0.5, 0.6) is 11.5 Å². The maximum Gasteiger partial charge on any atom is 0.490 e. The Morgan fingerprint density at radius 3 is 2.24 bits per heavy atom. The number of alkyl halides is 3. The number of anilines is 1. The number of aromatic nitrogens is 1. The number of nitrogens with two attached hydrogens (primary N) is 1. The molecule has 3 aliphatic rings. The van der Waals surface area contributed by atoms with E-state index in [2.05, 4.69) is 20.8 Å². The fraction of sp³-hybridized carbons (Fsp3) is 0.471. The Labute approximate surface area is 350 Å². The summed E-state index contributed by atoms with van der Waals surface area (Å²) >= 11 is 9.94. The van der Waals surface area contributed by atoms with Gasteiger partial charge in [-0.05, 0) is 43.4 Å². The number of rotatable bonds is 12. The second-order valence-electron chi connectivity index (χ2n) is 14.2. The molecular weight excluding hydrogens is 873 g/mol. The molecule has 2 aliphatic heterocycles. The number of nitrogens with one attached hydrogen (secondary N) is 2. The number of nitrogens with zero attached hydrogens (tertiary/aromatic N) is 3. The number of aromatic hydroxyl groups is 2. The Balaban J connectivity index is 0.00000101. The zero-order valence-electron chi connectivity index (χ0n) is 31.1. The van der Waals surface area contributed by atoms with E-state index < -0.39 is 76.2 Å². The number of oxime groups is 1. The summed E-state index contributed by atoms with van der Waals surface area (Å²) in [5.41, 5.74) is 4.99. The number of phenolic OH excluding ortho intramolecular Hbond substituents is 2. The van der Waals surface area contributed by atoms with Gasteiger partial charge in [-0.2, -0.15) is 24.9 Å². The van der Waals surface area contributed by atoms with Crippen LogP contribution < -0.4 is 16.4 Å². The first-order valence-electron chi connectivity index (χ1n) is 17.2. The van der Waals surface area contributed by atoms with Crippen molar-refractivity contribution in [3.8, 4) is 11.5 Å². The average Bonchev–Trinajstić information content (AvgIpc) is 3.58. The number of thiazole rings is 1. The molecule has 9 N–H and O–H groups in total. The van der Waals surface area contributed by atoms with E-state index in [9.17, 15) is 57.6 Å². The minimum Gasteiger partial charge on any atom is -0.504 e. The van der Waals surface area contributed by atoms with Crippen LogP contribution in [0.2, 0.25) is 5.02 Å². The first kappa shape index (κ1) is 46.7. The molecule has 2 aromatic rings. The molecule has 1 saturated heterocycles. The lowest BCUT2D eigenvalue weighted by Gasteiger charge is -2.49. The van der Waals surface area contributed by atoms with E-state index in [0.717, 1.165) is 24.2 Å². The molecule has 0 spiro atoms. The molecule has 1 aliphatic carbocycles. The highest BCUT2D eigenvalue weighted by Gasteiger charge is 2.54. The summed E-state index contributed by atoms with van der Waals surface area (Å²) in [6.07, 6.45) is -3.68. The van der Waals surface area contributed by atoms with Gasteiger partial charge in [0.05, 0.1) is 10.6 Å². The number of phenols is 2. The highest BCUT2D eigenvalue weighted by atomic mass is 35.5. The van der Waals surface area contributed by atoms with Crippen LogP contribution in [0.1, 0.15) is 62.5 Å². The third kappa shape index (κ3) is 11.4. The molecule has 3 amide bonds. The molecule has 0 radical (unpaired) electrons. The molecule has 1 unspecified atom stereocenters. The summed E-state index contributed by atoms with van der Waals surface area (Å²) < 4.78 is 31.7. The van der Waals surface area contributed by atoms with Gasteiger partial charge in [0, 0.05) is 33.6 Å². The fourth-order valence-corrected chi connectivity index (χ4v) is 9.42. The molecule has 322 valence electrons. The van der Waals surface area contributed by atoms with Crippen LogP contribution in [0.3, 0.4) is 0 Å². The van der Waals surface area contributed by atoms with E-state index in [1.165, 1.54) is 34.2 Å². The largest absolute Gasteiger partial charge is 0.504 e. The number of carboxylic acid groups (broad SMARTS) is 3. The van der Waals surface area contributed by atoms with Crippen molar-refractivity contribution in [2.45, 2.75) is 81.4 Å². The SMILES string of the molecule is CC(C)(C)C(O/N=C(\C(=O)N[C@@H]1C(=O)N2C(C(=O)O)=C(CSC3CCC(NC(=O)c4ccc(O)c(O)c4Cl)CC3)CS[C@H]12)c1csc(N)n1)C(=O)O.O=C(O)C(F)(F)F. The number of hydrogen-bond donors (Lipinski definition) is 8. The predicted octanol–water partition coefficient (Wildman–Crippen LogP) is 3.86. The van der Waals surface area contributed by atoms with Crippen LogP contribution in [0.4, 0.5) is 18.3 Å². The molecule has 2 fully saturated rings. The standard InChI is InChI=1S/C32H37ClN6O10S3.C2HF3O2/c1-32(2,3)24(30(47)48)49-38-20(17-12-52-31(34)36-17)26(43)37-21-27(44)39-22(29(45)46)13(11-51-28(21)39)10-50-15-6-4-14(5-7-15)35-25(42)16-8-9-18(40)23(41)19(16)33;3-2(4,5)1(6)7/h8-9,12,14-15,21,24,28,40-41H,4-7,10-11H2,1-3H3,(H2,34,36)(H,35,42)(H,37,43)(H,45,46)(H,47,48);(H,6,7)/b38-20-;/t14?,15?,21-,24?,28-;/m1./s1. The Bertz CT molecular complexity index is 2050. The Morgan fingerprint density at radius 1 is 1.08 bits per heavy atom. The Morgan fingerprint density at radius 2 is 1.71 bits per heavy atom. The number of hydrogen-bond acceptors (Lipinski definition) is 15. The van der Waals surface area contributed by atoms with Crippen molar-refractivity contribution in [2.75, 3.05) is 17.2 Å². The number of β-lactam (4-membered cyclic amide) rings is 1. The summed E-state index contributed by atoms with van der Waals surface area (Å²) in [5.74, 6) is -7.60. The highest BCUT2D eigenvalue weighted by Crippen LogP contribution is 2.42. The molecule has 1 saturated carbocycles. The van der Waals surface area contributed by atoms with Crippen molar-refractivity contribution >= 4 is 92.9 Å². The second-order valence-corrected chi connectivity index (χ2v) is 17.8. The lowest BCUT2D eigenvalue weighted by Crippen LogP contribution is -2.71. The first-order chi connectivity index (χ1) is 27.4. The van der Waals surface area contributed by atoms with Crippen LogP contribution in [0, 0.1) is 5.41 Å². The number of aliphatic carboxylic acids is 3. The lowest BCUT2D eigenvalue weighted by atomic mass is 9.89. The molecule has 0 bridgehead atoms. The molecular formula is C34H38ClF3N6O12S3. The van der Waals surface area contributed by atoms with Crippen molar-refractivity contribution < 1.29 is 72.3 Å². The molecule has 59 heavy (non-hydrogen) atoms. The van der Waals surface area contributed by atoms with Gasteiger partial charge >= 0.3 is 24.1 Å². The molecule has 18 nitrogen and oxygen atoms in total. The molecule has 25 heteroatoms. The average molecular weight is 911 g/mol. The smallest absolute Gasteiger partial charge is 0.490 e. The number of fused-ring (bicyclic) bond motifs is 1. The number of halogens is 4. The third-order valence-electron chi connectivity index (χ3n) is 8.86. The van der Waals surface area contributed by atoms with Crippen LogP contribution in [0.15, 0.2) is 33.9 Å². The van der Waals surface area contributed by atoms with E-state index in [1.807, 2.05) is 0 Å². The summed E-state index contributed by atoms with van der Waals surface area (Å²) in [6.45, 7) is 4.88. The summed E-state index contributed by atoms with van der Waals surface area (Å²) in [6, 6.07) is 1.30. The number of carbonyl (C=O) groups is 6. The maximum atomic E-state index is 13.5. The molecule has 1 aromatic carbocycles. The van der Waals surface area contributed by atoms with Gasteiger partial charge in [-0.3, -0.25) is 19.3 Å². The summed E-state index contributed by atoms with van der Waals surface area (Å²) in [7, 11) is 0. The van der Waals surface area contributed by atoms with Crippen molar-refractivity contribution in [1.29, 1.82) is 0 Å². The van der Waals surface area contributed by atoms with E-state index >= 15 is 0 Å². The van der Waals surface area contributed by atoms with E-state index in [4.69, 9.17) is 32.1 Å². The molecule has 3 heterocycles. The van der Waals surface area contributed by atoms with Gasteiger partial charge in [0.25, 0.3) is 17.7 Å². The van der Waals surface area contributed by atoms with Gasteiger partial charge in [-0.15, -0.1) is 23.1 Å². The second kappa shape index (κ2) is 19.0. The van der Waals surface area contributed by atoms with Crippen molar-refractivity contribution in [3.05, 3.63) is 45.1 Å². The van der Waals surface area contributed by atoms with E-state index in [1.54, 1.807) is 32.5 Å². The van der Waals surface area contributed by atoms with E-state index in [0.29, 0.717) is 29.9 Å². The van der Waals surface area contributed by atoms with Crippen LogP contribution in [0.25, 0.3) is 0 Å². The maximum absolute atomic E-state index is 13.5. The van der Waals surface area contributed by atoms with Crippen LogP contribution in [-0.4, -0.2) is 123 Å². The van der Waals surface area contributed by atoms with Gasteiger partial charge in [0.2, 0.25) is 6.10 Å². The Kier molecular flexibility index (Phi) is 15.0. The first-order valence-corrected chi connectivity index (χ1v) is 20.6. The lowest BCUT2D eigenvalue weighted by molar-refractivity contribution is -0.192. The van der Waals surface area contributed by atoms with Gasteiger partial charge in [0.1, 0.15) is 22.8 Å². The fourth-order valence-electron chi connectivity index (χ4n) is 5.87. The van der Waals surface area contributed by atoms with Crippen LogP contribution in [-0.2, 0) is 28.8 Å². The molecule has 1 aromatic heterocycles. The third-order valence-corrected chi connectivity index (χ3v) is 12.7. The molecule has 5 rings (SSSR count). The monoisotopic (exact) mass is 910 g/mol. The zero-order valence-corrected chi connectivity index (χ0v) is 34.3. The number of benzene rings is 1. The Hall–Kier alpha value is -4.94. The highest BCUT2D eigenvalue weighted by molar-refractivity contribution is 8.01. The predicted molar refractivity (Wildman–Crippen MR) is 209 cm³/mol. The van der Waals surface area contributed by atoms with Gasteiger partial charge < -0.3 is 46.7 Å². The van der Waals surface area contributed by atoms with Crippen molar-refractivity contribution in [1.82, 2.24) is 20.5 Å². The summed E-state index contributed by atoms with van der Waals surface area (Å²) in [5, 5.41) is 56.5.